The molecule has 0 spiro atoms. The number of carbonyl (C=O) groups excluding carboxylic acids is 4. The summed E-state index contributed by atoms with van der Waals surface area (Å²) in [5, 5.41) is 0. The average molecular weight is 532 g/mol. The fourth-order valence-corrected chi connectivity index (χ4v) is 6.87. The van der Waals surface area contributed by atoms with Crippen molar-refractivity contribution in [3.05, 3.63) is 63.3 Å². The van der Waals surface area contributed by atoms with Gasteiger partial charge in [0.05, 0.1) is 67.7 Å². The molecule has 0 saturated heterocycles. The van der Waals surface area contributed by atoms with Crippen molar-refractivity contribution in [1.29, 1.82) is 0 Å². The Hall–Kier alpha value is -3.77. The summed E-state index contributed by atoms with van der Waals surface area (Å²) in [5.41, 5.74) is 1.19. The second-order valence-electron chi connectivity index (χ2n) is 8.61. The summed E-state index contributed by atoms with van der Waals surface area (Å²) in [6.07, 6.45) is -0.384. The minimum atomic E-state index is -4.30. The van der Waals surface area contributed by atoms with Gasteiger partial charge in [0.1, 0.15) is 0 Å². The number of hydrogen-bond acceptors (Lipinski definition) is 10. The number of hydrogen-bond donors (Lipinski definition) is 0. The van der Waals surface area contributed by atoms with Crippen LogP contribution in [-0.2, 0) is 48.1 Å². The molecule has 1 aromatic carbocycles. The monoisotopic (exact) mass is 531 g/mol. The molecule has 1 aromatic rings. The van der Waals surface area contributed by atoms with Crippen molar-refractivity contribution in [3.8, 4) is 0 Å². The molecule has 2 atom stereocenters. The lowest BCUT2D eigenvalue weighted by Gasteiger charge is -2.27. The number of ether oxygens (including phenoxy) is 4. The van der Waals surface area contributed by atoms with Gasteiger partial charge in [-0.25, -0.2) is 27.6 Å². The average Bonchev–Trinajstić information content (AvgIpc) is 3.43. The van der Waals surface area contributed by atoms with Gasteiger partial charge in [-0.1, -0.05) is 17.7 Å². The summed E-state index contributed by atoms with van der Waals surface area (Å²) in [7, 11) is 0.223. The van der Waals surface area contributed by atoms with E-state index in [1.807, 2.05) is 0 Å². The summed E-state index contributed by atoms with van der Waals surface area (Å²) in [5.74, 6) is -3.41. The Labute approximate surface area is 213 Å². The quantitative estimate of drug-likeness (QED) is 0.298. The van der Waals surface area contributed by atoms with Gasteiger partial charge in [0.2, 0.25) is 10.0 Å². The lowest BCUT2D eigenvalue weighted by Crippen LogP contribution is -2.40. The van der Waals surface area contributed by atoms with Crippen molar-refractivity contribution in [2.24, 2.45) is 0 Å². The minimum Gasteiger partial charge on any atom is -0.466 e. The van der Waals surface area contributed by atoms with E-state index < -0.39 is 46.0 Å². The van der Waals surface area contributed by atoms with E-state index in [1.165, 1.54) is 12.1 Å². The van der Waals surface area contributed by atoms with Gasteiger partial charge in [-0.15, -0.1) is 0 Å². The number of esters is 4. The number of fused-ring (bicyclic) bond motifs is 4. The van der Waals surface area contributed by atoms with E-state index in [2.05, 4.69) is 0 Å². The Balaban J connectivity index is 1.94. The van der Waals surface area contributed by atoms with E-state index in [-0.39, 0.29) is 40.0 Å². The van der Waals surface area contributed by atoms with Crippen molar-refractivity contribution < 1.29 is 46.5 Å². The molecule has 3 aliphatic rings. The molecule has 4 rings (SSSR count). The first-order chi connectivity index (χ1) is 17.5. The van der Waals surface area contributed by atoms with Crippen LogP contribution in [-0.4, -0.2) is 77.1 Å². The third-order valence-corrected chi connectivity index (χ3v) is 8.63. The zero-order valence-electron chi connectivity index (χ0n) is 20.8. The molecule has 2 aliphatic heterocycles. The number of benzene rings is 1. The van der Waals surface area contributed by atoms with Crippen LogP contribution >= 0.6 is 0 Å². The Bertz CT molecular complexity index is 1350. The molecule has 0 aromatic heterocycles. The van der Waals surface area contributed by atoms with E-state index in [0.717, 1.165) is 38.3 Å². The molecule has 2 heterocycles. The Morgan fingerprint density at radius 3 is 1.43 bits per heavy atom. The number of carbonyl (C=O) groups is 4. The molecule has 0 amide bonds. The maximum atomic E-state index is 14.0. The van der Waals surface area contributed by atoms with Gasteiger partial charge in [-0.2, -0.15) is 4.31 Å². The predicted octanol–water partition coefficient (Wildman–Crippen LogP) is 1.13. The van der Waals surface area contributed by atoms with Gasteiger partial charge in [0.15, 0.2) is 0 Å². The van der Waals surface area contributed by atoms with E-state index in [0.29, 0.717) is 11.1 Å². The van der Waals surface area contributed by atoms with Gasteiger partial charge in [0.25, 0.3) is 0 Å². The number of sulfonamides is 1. The molecule has 37 heavy (non-hydrogen) atoms. The van der Waals surface area contributed by atoms with Crippen LogP contribution in [0.4, 0.5) is 0 Å². The van der Waals surface area contributed by atoms with Crippen molar-refractivity contribution in [1.82, 2.24) is 4.31 Å². The molecule has 1 aliphatic carbocycles. The highest BCUT2D eigenvalue weighted by molar-refractivity contribution is 7.89. The summed E-state index contributed by atoms with van der Waals surface area (Å²) < 4.78 is 48.6. The highest BCUT2D eigenvalue weighted by Gasteiger charge is 2.61. The molecule has 2 bridgehead atoms. The normalized spacial score (nSPS) is 21.1. The summed E-state index contributed by atoms with van der Waals surface area (Å²) >= 11 is 0. The second kappa shape index (κ2) is 9.60. The molecule has 0 fully saturated rings. The van der Waals surface area contributed by atoms with Gasteiger partial charge >= 0.3 is 23.9 Å². The lowest BCUT2D eigenvalue weighted by atomic mass is 9.76. The highest BCUT2D eigenvalue weighted by atomic mass is 32.2. The zero-order chi connectivity index (χ0) is 27.2. The van der Waals surface area contributed by atoms with Crippen LogP contribution in [0.1, 0.15) is 18.4 Å². The molecule has 196 valence electrons. The fraction of sp³-hybridized carbons (Fsp3) is 0.360. The standard InChI is InChI=1S/C25H25NO10S/c1-12-6-8-13(9-7-12)37(31,32)26-20-14-10-16(22(27)33-2)17(23(28)34-3)11-15(14)21(26)19(25(30)36-5)18(20)24(29)35-4/h6-9,20-21H,10-11H2,1-5H3/t20-,21+. The first kappa shape index (κ1) is 26.3. The van der Waals surface area contributed by atoms with Crippen LogP contribution in [0.15, 0.2) is 62.6 Å². The third-order valence-electron chi connectivity index (χ3n) is 6.79. The zero-order valence-corrected chi connectivity index (χ0v) is 21.6. The molecule has 0 unspecified atom stereocenters. The largest absolute Gasteiger partial charge is 0.466 e. The minimum absolute atomic E-state index is 0.0165. The number of rotatable bonds is 6. The molecule has 0 N–H and O–H groups in total. The van der Waals surface area contributed by atoms with Crippen molar-refractivity contribution in [3.63, 3.8) is 0 Å². The smallest absolute Gasteiger partial charge is 0.336 e. The number of methoxy groups -OCH3 is 4. The van der Waals surface area contributed by atoms with Gasteiger partial charge < -0.3 is 18.9 Å². The van der Waals surface area contributed by atoms with Gasteiger partial charge in [-0.05, 0) is 30.2 Å². The topological polar surface area (TPSA) is 143 Å². The summed E-state index contributed by atoms with van der Waals surface area (Å²) in [6, 6.07) is 3.59. The van der Waals surface area contributed by atoms with E-state index in [9.17, 15) is 27.6 Å². The second-order valence-corrected chi connectivity index (χ2v) is 10.5. The van der Waals surface area contributed by atoms with E-state index in [1.54, 1.807) is 19.1 Å². The predicted molar refractivity (Wildman–Crippen MR) is 126 cm³/mol. The third kappa shape index (κ3) is 3.96. The van der Waals surface area contributed by atoms with Crippen molar-refractivity contribution >= 4 is 33.9 Å². The lowest BCUT2D eigenvalue weighted by molar-refractivity contribution is -0.139. The highest BCUT2D eigenvalue weighted by Crippen LogP contribution is 2.54. The van der Waals surface area contributed by atoms with Crippen LogP contribution in [0.3, 0.4) is 0 Å². The Morgan fingerprint density at radius 2 is 1.08 bits per heavy atom. The number of aryl methyl sites for hydroxylation is 1. The molecular weight excluding hydrogens is 506 g/mol. The maximum absolute atomic E-state index is 14.0. The van der Waals surface area contributed by atoms with Crippen LogP contribution < -0.4 is 0 Å². The van der Waals surface area contributed by atoms with Crippen molar-refractivity contribution in [2.45, 2.75) is 36.7 Å². The van der Waals surface area contributed by atoms with Crippen LogP contribution in [0.2, 0.25) is 0 Å². The molecular formula is C25H25NO10S. The molecule has 12 heteroatoms. The van der Waals surface area contributed by atoms with Crippen LogP contribution in [0.25, 0.3) is 0 Å². The SMILES string of the molecule is COC(=O)C1=C(C(=O)OC)CC2=C(C1)[C@@H]1C(C(=O)OC)=C(C(=O)OC)[C@H]2N1S(=O)(=O)c1ccc(C)cc1. The summed E-state index contributed by atoms with van der Waals surface area (Å²) in [6.45, 7) is 1.80. The fourth-order valence-electron chi connectivity index (χ4n) is 5.13. The van der Waals surface area contributed by atoms with Crippen molar-refractivity contribution in [2.75, 3.05) is 28.4 Å². The van der Waals surface area contributed by atoms with Crippen LogP contribution in [0, 0.1) is 6.92 Å². The number of nitrogens with zero attached hydrogens (tertiary/aromatic N) is 1. The van der Waals surface area contributed by atoms with Gasteiger partial charge in [-0.3, -0.25) is 0 Å². The molecule has 0 saturated carbocycles. The van der Waals surface area contributed by atoms with E-state index >= 15 is 0 Å². The maximum Gasteiger partial charge on any atom is 0.336 e. The van der Waals surface area contributed by atoms with Crippen LogP contribution in [0.5, 0.6) is 0 Å². The molecule has 11 nitrogen and oxygen atoms in total. The Kier molecular flexibility index (Phi) is 6.82. The summed E-state index contributed by atoms with van der Waals surface area (Å²) in [4.78, 5) is 51.0. The van der Waals surface area contributed by atoms with Gasteiger partial charge in [0, 0.05) is 12.8 Å². The van der Waals surface area contributed by atoms with E-state index in [4.69, 9.17) is 18.9 Å². The first-order valence-corrected chi connectivity index (χ1v) is 12.6. The molecule has 0 radical (unpaired) electrons. The Morgan fingerprint density at radius 1 is 0.703 bits per heavy atom. The first-order valence-electron chi connectivity index (χ1n) is 11.1.